The van der Waals surface area contributed by atoms with Gasteiger partial charge in [0.15, 0.2) is 0 Å². The molecule has 0 radical (unpaired) electrons. The Morgan fingerprint density at radius 2 is 1.97 bits per heavy atom. The van der Waals surface area contributed by atoms with Crippen LogP contribution < -0.4 is 5.73 Å². The highest BCUT2D eigenvalue weighted by Crippen LogP contribution is 2.35. The smallest absolute Gasteiger partial charge is 0.138 e. The highest BCUT2D eigenvalue weighted by molar-refractivity contribution is 6.35. The monoisotopic (exact) mass is 513 g/mol. The highest BCUT2D eigenvalue weighted by Gasteiger charge is 2.21. The van der Waals surface area contributed by atoms with Gasteiger partial charge in [0.25, 0.3) is 0 Å². The molecule has 5 nitrogen and oxygen atoms in total. The van der Waals surface area contributed by atoms with Crippen LogP contribution in [-0.4, -0.2) is 38.0 Å². The molecule has 1 atom stereocenters. The summed E-state index contributed by atoms with van der Waals surface area (Å²) in [5.74, 6) is -0.250. The van der Waals surface area contributed by atoms with Crippen molar-refractivity contribution in [3.63, 3.8) is 0 Å². The van der Waals surface area contributed by atoms with Gasteiger partial charge in [0.2, 0.25) is 0 Å². The zero-order valence-corrected chi connectivity index (χ0v) is 21.5. The molecule has 2 N–H and O–H groups in total. The van der Waals surface area contributed by atoms with E-state index in [1.807, 2.05) is 24.3 Å². The lowest BCUT2D eigenvalue weighted by Gasteiger charge is -2.34. The second kappa shape index (κ2) is 9.36. The molecular weight excluding hydrogens is 485 g/mol. The van der Waals surface area contributed by atoms with Crippen molar-refractivity contribution in [3.05, 3.63) is 101 Å². The van der Waals surface area contributed by atoms with E-state index in [0.717, 1.165) is 76.4 Å². The molecule has 0 saturated carbocycles. The molecule has 1 saturated heterocycles. The van der Waals surface area contributed by atoms with Gasteiger partial charge in [0.1, 0.15) is 17.2 Å². The molecular formula is C30H29ClFN5. The summed E-state index contributed by atoms with van der Waals surface area (Å²) in [5.41, 5.74) is 13.9. The lowest BCUT2D eigenvalue weighted by molar-refractivity contribution is 0.296. The Kier molecular flexibility index (Phi) is 6.01. The number of imidazole rings is 1. The SMILES string of the molecule is C=C(c1ccn2c(C)c(-c3cc4cccc(Cl)c4n3Cc3ccc(F)cc3)nc2c1)N1CCCC(N)C1. The third-order valence-electron chi connectivity index (χ3n) is 7.41. The summed E-state index contributed by atoms with van der Waals surface area (Å²) in [4.78, 5) is 7.36. The van der Waals surface area contributed by atoms with Crippen molar-refractivity contribution < 1.29 is 4.39 Å². The van der Waals surface area contributed by atoms with E-state index in [4.69, 9.17) is 22.3 Å². The maximum Gasteiger partial charge on any atom is 0.138 e. The van der Waals surface area contributed by atoms with Crippen molar-refractivity contribution in [1.29, 1.82) is 0 Å². The van der Waals surface area contributed by atoms with Crippen LogP contribution in [0.5, 0.6) is 0 Å². The topological polar surface area (TPSA) is 51.5 Å². The summed E-state index contributed by atoms with van der Waals surface area (Å²) in [5, 5.41) is 1.71. The van der Waals surface area contributed by atoms with Gasteiger partial charge in [-0.15, -0.1) is 0 Å². The van der Waals surface area contributed by atoms with Gasteiger partial charge >= 0.3 is 0 Å². The van der Waals surface area contributed by atoms with Crippen molar-refractivity contribution in [3.8, 4) is 11.4 Å². The van der Waals surface area contributed by atoms with Crippen LogP contribution >= 0.6 is 11.6 Å². The predicted octanol–water partition coefficient (Wildman–Crippen LogP) is 6.50. The summed E-state index contributed by atoms with van der Waals surface area (Å²) >= 11 is 6.68. The number of nitrogens with zero attached hydrogens (tertiary/aromatic N) is 4. The third kappa shape index (κ3) is 4.30. The van der Waals surface area contributed by atoms with Crippen molar-refractivity contribution in [2.75, 3.05) is 13.1 Å². The lowest BCUT2D eigenvalue weighted by Crippen LogP contribution is -2.41. The summed E-state index contributed by atoms with van der Waals surface area (Å²) in [6.07, 6.45) is 4.20. The number of pyridine rings is 1. The maximum absolute atomic E-state index is 13.6. The van der Waals surface area contributed by atoms with Gasteiger partial charge in [-0.1, -0.05) is 42.4 Å². The van der Waals surface area contributed by atoms with E-state index in [1.165, 1.54) is 12.1 Å². The van der Waals surface area contributed by atoms with E-state index >= 15 is 0 Å². The van der Waals surface area contributed by atoms with Crippen molar-refractivity contribution in [2.45, 2.75) is 32.4 Å². The number of nitrogens with two attached hydrogens (primary N) is 1. The molecule has 7 heteroatoms. The summed E-state index contributed by atoms with van der Waals surface area (Å²) < 4.78 is 17.9. The molecule has 5 aromatic rings. The lowest BCUT2D eigenvalue weighted by atomic mass is 10.0. The first-order valence-electron chi connectivity index (χ1n) is 12.6. The number of hydrogen-bond acceptors (Lipinski definition) is 3. The molecule has 0 spiro atoms. The van der Waals surface area contributed by atoms with Gasteiger partial charge in [-0.3, -0.25) is 0 Å². The average molecular weight is 514 g/mol. The first kappa shape index (κ1) is 23.8. The van der Waals surface area contributed by atoms with Gasteiger partial charge in [-0.25, -0.2) is 9.37 Å². The van der Waals surface area contributed by atoms with Gasteiger partial charge < -0.3 is 19.6 Å². The molecule has 3 aromatic heterocycles. The van der Waals surface area contributed by atoms with E-state index < -0.39 is 0 Å². The van der Waals surface area contributed by atoms with Crippen molar-refractivity contribution in [1.82, 2.24) is 18.9 Å². The first-order chi connectivity index (χ1) is 17.9. The second-order valence-electron chi connectivity index (χ2n) is 9.90. The summed E-state index contributed by atoms with van der Waals surface area (Å²) in [6, 6.07) is 19.0. The Morgan fingerprint density at radius 1 is 1.16 bits per heavy atom. The molecule has 4 heterocycles. The molecule has 0 amide bonds. The standard InChI is InChI=1S/C30H29ClFN5/c1-19(35-13-4-6-25(33)18-35)22-12-14-36-20(2)29(34-28(36)16-22)27-15-23-5-3-7-26(31)30(23)37(27)17-21-8-10-24(32)11-9-21/h3,5,7-12,14-16,25H,1,4,6,13,17-18,33H2,2H3. The second-order valence-corrected chi connectivity index (χ2v) is 10.3. The number of piperidine rings is 1. The molecule has 0 aliphatic carbocycles. The van der Waals surface area contributed by atoms with Crippen LogP contribution in [0.3, 0.4) is 0 Å². The van der Waals surface area contributed by atoms with E-state index in [-0.39, 0.29) is 11.9 Å². The molecule has 6 rings (SSSR count). The van der Waals surface area contributed by atoms with Gasteiger partial charge in [0, 0.05) is 54.2 Å². The number of fused-ring (bicyclic) bond motifs is 2. The van der Waals surface area contributed by atoms with E-state index in [2.05, 4.69) is 57.8 Å². The first-order valence-corrected chi connectivity index (χ1v) is 13.0. The van der Waals surface area contributed by atoms with Crippen LogP contribution in [-0.2, 0) is 6.54 Å². The van der Waals surface area contributed by atoms with Gasteiger partial charge in [0.05, 0.1) is 16.2 Å². The Morgan fingerprint density at radius 3 is 2.76 bits per heavy atom. The number of aryl methyl sites for hydroxylation is 1. The quantitative estimate of drug-likeness (QED) is 0.292. The third-order valence-corrected chi connectivity index (χ3v) is 7.71. The van der Waals surface area contributed by atoms with E-state index in [1.54, 1.807) is 0 Å². The number of rotatable bonds is 5. The zero-order chi connectivity index (χ0) is 25.7. The molecule has 1 aliphatic heterocycles. The maximum atomic E-state index is 13.6. The van der Waals surface area contributed by atoms with Crippen LogP contribution in [0.25, 0.3) is 33.6 Å². The molecule has 37 heavy (non-hydrogen) atoms. The van der Waals surface area contributed by atoms with Crippen molar-refractivity contribution in [2.24, 2.45) is 5.73 Å². The van der Waals surface area contributed by atoms with Crippen LogP contribution in [0, 0.1) is 12.7 Å². The van der Waals surface area contributed by atoms with Crippen LogP contribution in [0.4, 0.5) is 4.39 Å². The fourth-order valence-corrected chi connectivity index (χ4v) is 5.72. The number of benzene rings is 2. The summed E-state index contributed by atoms with van der Waals surface area (Å²) in [7, 11) is 0. The van der Waals surface area contributed by atoms with Crippen LogP contribution in [0.2, 0.25) is 5.02 Å². The number of hydrogen-bond donors (Lipinski definition) is 1. The van der Waals surface area contributed by atoms with Crippen LogP contribution in [0.1, 0.15) is 29.7 Å². The molecule has 1 fully saturated rings. The largest absolute Gasteiger partial charge is 0.370 e. The number of para-hydroxylation sites is 1. The average Bonchev–Trinajstić information content (AvgIpc) is 3.42. The number of halogens is 2. The van der Waals surface area contributed by atoms with Crippen LogP contribution in [0.15, 0.2) is 73.4 Å². The Balaban J connectivity index is 1.45. The fourth-order valence-electron chi connectivity index (χ4n) is 5.44. The Bertz CT molecular complexity index is 1630. The van der Waals surface area contributed by atoms with E-state index in [9.17, 15) is 4.39 Å². The number of likely N-dealkylation sites (tertiary alicyclic amines) is 1. The zero-order valence-electron chi connectivity index (χ0n) is 20.8. The predicted molar refractivity (Wildman–Crippen MR) is 149 cm³/mol. The Hall–Kier alpha value is -3.61. The van der Waals surface area contributed by atoms with Gasteiger partial charge in [-0.05, 0) is 61.7 Å². The van der Waals surface area contributed by atoms with Crippen molar-refractivity contribution >= 4 is 33.8 Å². The summed E-state index contributed by atoms with van der Waals surface area (Å²) in [6.45, 7) is 8.80. The minimum atomic E-state index is -0.250. The number of aromatic nitrogens is 3. The molecule has 1 unspecified atom stereocenters. The van der Waals surface area contributed by atoms with Gasteiger partial charge in [-0.2, -0.15) is 0 Å². The fraction of sp³-hybridized carbons (Fsp3) is 0.233. The highest BCUT2D eigenvalue weighted by atomic mass is 35.5. The Labute approximate surface area is 220 Å². The molecule has 188 valence electrons. The minimum absolute atomic E-state index is 0.185. The molecule has 2 aromatic carbocycles. The molecule has 1 aliphatic rings. The minimum Gasteiger partial charge on any atom is -0.370 e. The van der Waals surface area contributed by atoms with E-state index in [0.29, 0.717) is 11.6 Å². The molecule has 0 bridgehead atoms. The normalized spacial score (nSPS) is 16.1.